The third kappa shape index (κ3) is 5.85. The molecule has 0 unspecified atom stereocenters. The molecule has 2 aromatic carbocycles. The second-order valence-electron chi connectivity index (χ2n) is 3.81. The van der Waals surface area contributed by atoms with E-state index in [2.05, 4.69) is 4.74 Å². The van der Waals surface area contributed by atoms with Crippen LogP contribution >= 0.6 is 23.2 Å². The molecule has 0 spiro atoms. The molecular formula is C15H12Cl2O4. The summed E-state index contributed by atoms with van der Waals surface area (Å²) in [4.78, 5) is 21.5. The van der Waals surface area contributed by atoms with E-state index in [4.69, 9.17) is 28.3 Å². The van der Waals surface area contributed by atoms with Crippen molar-refractivity contribution in [3.63, 3.8) is 0 Å². The van der Waals surface area contributed by atoms with Crippen molar-refractivity contribution in [1.82, 2.24) is 0 Å². The fraction of sp³-hybridized carbons (Fsp3) is 0.0667. The molecule has 4 nitrogen and oxygen atoms in total. The van der Waals surface area contributed by atoms with Crippen LogP contribution in [0.3, 0.4) is 0 Å². The largest absolute Gasteiger partial charge is 0.478 e. The van der Waals surface area contributed by atoms with Gasteiger partial charge in [0.15, 0.2) is 0 Å². The summed E-state index contributed by atoms with van der Waals surface area (Å²) in [5.74, 6) is -1.60. The van der Waals surface area contributed by atoms with E-state index in [0.29, 0.717) is 0 Å². The number of benzene rings is 2. The number of methoxy groups -OCH3 is 1. The van der Waals surface area contributed by atoms with E-state index < -0.39 is 11.9 Å². The number of carbonyl (C=O) groups is 2. The van der Waals surface area contributed by atoms with Gasteiger partial charge in [-0.15, -0.1) is 0 Å². The number of esters is 1. The molecule has 0 fully saturated rings. The molecule has 0 aliphatic heterocycles. The number of carboxylic acids is 1. The van der Waals surface area contributed by atoms with E-state index in [9.17, 15) is 9.59 Å². The minimum absolute atomic E-state index is 0.0721. The molecule has 1 N–H and O–H groups in total. The van der Waals surface area contributed by atoms with Crippen molar-refractivity contribution in [3.8, 4) is 0 Å². The fourth-order valence-corrected chi connectivity index (χ4v) is 1.58. The van der Waals surface area contributed by atoms with Gasteiger partial charge in [0, 0.05) is 10.0 Å². The predicted molar refractivity (Wildman–Crippen MR) is 81.2 cm³/mol. The van der Waals surface area contributed by atoms with Crippen molar-refractivity contribution in [2.75, 3.05) is 7.11 Å². The number of hydrogen-bond acceptors (Lipinski definition) is 3. The van der Waals surface area contributed by atoms with Crippen LogP contribution in [0.1, 0.15) is 20.7 Å². The smallest absolute Gasteiger partial charge is 0.337 e. The Bertz CT molecular complexity index is 603. The molecule has 0 aliphatic rings. The highest BCUT2D eigenvalue weighted by Crippen LogP contribution is 2.12. The molecule has 21 heavy (non-hydrogen) atoms. The Morgan fingerprint density at radius 3 is 1.86 bits per heavy atom. The van der Waals surface area contributed by atoms with E-state index in [-0.39, 0.29) is 11.1 Å². The highest BCUT2D eigenvalue weighted by Gasteiger charge is 2.08. The summed E-state index contributed by atoms with van der Waals surface area (Å²) in [5, 5.41) is 10.0. The second kappa shape index (κ2) is 8.29. The second-order valence-corrected chi connectivity index (χ2v) is 4.69. The lowest BCUT2D eigenvalue weighted by atomic mass is 10.1. The van der Waals surface area contributed by atoms with Gasteiger partial charge >= 0.3 is 11.9 Å². The average Bonchev–Trinajstić information content (AvgIpc) is 2.50. The molecule has 0 aliphatic carbocycles. The van der Waals surface area contributed by atoms with E-state index >= 15 is 0 Å². The summed E-state index contributed by atoms with van der Waals surface area (Å²) in [7, 11) is 1.25. The van der Waals surface area contributed by atoms with Crippen LogP contribution in [0.15, 0.2) is 48.5 Å². The number of carboxylic acid groups (broad SMARTS) is 1. The first kappa shape index (κ1) is 17.0. The lowest BCUT2D eigenvalue weighted by molar-refractivity contribution is 0.0600. The lowest BCUT2D eigenvalue weighted by Gasteiger charge is -1.99. The zero-order chi connectivity index (χ0) is 15.8. The van der Waals surface area contributed by atoms with E-state index in [1.165, 1.54) is 31.4 Å². The monoisotopic (exact) mass is 326 g/mol. The fourth-order valence-electron chi connectivity index (χ4n) is 1.33. The van der Waals surface area contributed by atoms with Crippen LogP contribution in [0.25, 0.3) is 0 Å². The molecule has 0 radical (unpaired) electrons. The van der Waals surface area contributed by atoms with Gasteiger partial charge < -0.3 is 9.84 Å². The minimum Gasteiger partial charge on any atom is -0.478 e. The Balaban J connectivity index is 0.000000235. The van der Waals surface area contributed by atoms with Crippen LogP contribution in [-0.4, -0.2) is 24.2 Å². The van der Waals surface area contributed by atoms with Crippen LogP contribution in [0.5, 0.6) is 0 Å². The molecule has 0 saturated heterocycles. The Labute approximate surface area is 131 Å². The van der Waals surface area contributed by atoms with E-state index in [1.54, 1.807) is 24.3 Å². The van der Waals surface area contributed by atoms with Gasteiger partial charge in [-0.25, -0.2) is 9.59 Å². The van der Waals surface area contributed by atoms with Gasteiger partial charge in [-0.05, 0) is 42.5 Å². The summed E-state index contributed by atoms with van der Waals surface area (Å²) in [5.41, 5.74) is 0.310. The average molecular weight is 327 g/mol. The highest BCUT2D eigenvalue weighted by molar-refractivity contribution is 6.32. The van der Waals surface area contributed by atoms with Crippen molar-refractivity contribution in [2.45, 2.75) is 0 Å². The van der Waals surface area contributed by atoms with E-state index in [0.717, 1.165) is 10.0 Å². The standard InChI is InChI=1S/C9H8O4.C6H4Cl2/c1-13-9(12)7-4-2-3-6(5-7)8(10)11;7-5-1-2-6(8)4-3-5/h2-5H,1H3,(H,10,11);1-4H. The molecule has 2 rings (SSSR count). The minimum atomic E-state index is -1.06. The number of aromatic carboxylic acids is 1. The Morgan fingerprint density at radius 2 is 1.43 bits per heavy atom. The maximum absolute atomic E-state index is 11.0. The van der Waals surface area contributed by atoms with Gasteiger partial charge in [0.1, 0.15) is 0 Å². The molecule has 0 amide bonds. The van der Waals surface area contributed by atoms with Crippen LogP contribution in [-0.2, 0) is 4.74 Å². The van der Waals surface area contributed by atoms with Crippen LogP contribution in [0.2, 0.25) is 10.0 Å². The molecule has 6 heteroatoms. The quantitative estimate of drug-likeness (QED) is 0.841. The Morgan fingerprint density at radius 1 is 0.952 bits per heavy atom. The molecular weight excluding hydrogens is 315 g/mol. The first-order chi connectivity index (χ1) is 9.93. The summed E-state index contributed by atoms with van der Waals surface area (Å²) in [6.45, 7) is 0. The molecule has 2 aromatic rings. The number of halogens is 2. The highest BCUT2D eigenvalue weighted by atomic mass is 35.5. The Hall–Kier alpha value is -2.04. The number of carbonyl (C=O) groups excluding carboxylic acids is 1. The van der Waals surface area contributed by atoms with Crippen LogP contribution < -0.4 is 0 Å². The Kier molecular flexibility index (Phi) is 6.72. The van der Waals surface area contributed by atoms with Gasteiger partial charge in [-0.1, -0.05) is 29.3 Å². The molecule has 0 bridgehead atoms. The molecule has 0 saturated carbocycles. The topological polar surface area (TPSA) is 63.6 Å². The molecule has 0 aromatic heterocycles. The van der Waals surface area contributed by atoms with Gasteiger partial charge in [-0.2, -0.15) is 0 Å². The number of rotatable bonds is 2. The van der Waals surface area contributed by atoms with Gasteiger partial charge in [0.25, 0.3) is 0 Å². The summed E-state index contributed by atoms with van der Waals surface area (Å²) < 4.78 is 4.44. The third-order valence-electron chi connectivity index (χ3n) is 2.33. The van der Waals surface area contributed by atoms with E-state index in [1.807, 2.05) is 0 Å². The summed E-state index contributed by atoms with van der Waals surface area (Å²) in [6, 6.07) is 12.7. The SMILES string of the molecule is COC(=O)c1cccc(C(=O)O)c1.Clc1ccc(Cl)cc1. The zero-order valence-corrected chi connectivity index (χ0v) is 12.6. The molecule has 0 heterocycles. The van der Waals surface area contributed by atoms with Crippen LogP contribution in [0.4, 0.5) is 0 Å². The number of hydrogen-bond donors (Lipinski definition) is 1. The first-order valence-corrected chi connectivity index (χ1v) is 6.52. The first-order valence-electron chi connectivity index (χ1n) is 5.76. The number of ether oxygens (including phenoxy) is 1. The van der Waals surface area contributed by atoms with Gasteiger partial charge in [0.05, 0.1) is 18.2 Å². The van der Waals surface area contributed by atoms with Gasteiger partial charge in [0.2, 0.25) is 0 Å². The zero-order valence-electron chi connectivity index (χ0n) is 11.0. The summed E-state index contributed by atoms with van der Waals surface area (Å²) >= 11 is 11.1. The van der Waals surface area contributed by atoms with Crippen molar-refractivity contribution in [3.05, 3.63) is 69.7 Å². The lowest BCUT2D eigenvalue weighted by Crippen LogP contribution is -2.03. The summed E-state index contributed by atoms with van der Waals surface area (Å²) in [6.07, 6.45) is 0. The van der Waals surface area contributed by atoms with Crippen molar-refractivity contribution >= 4 is 35.1 Å². The van der Waals surface area contributed by atoms with Crippen LogP contribution in [0, 0.1) is 0 Å². The van der Waals surface area contributed by atoms with Gasteiger partial charge in [-0.3, -0.25) is 0 Å². The maximum atomic E-state index is 11.0. The normalized spacial score (nSPS) is 9.29. The third-order valence-corrected chi connectivity index (χ3v) is 2.84. The van der Waals surface area contributed by atoms with Crippen molar-refractivity contribution in [2.24, 2.45) is 0 Å². The van der Waals surface area contributed by atoms with Crippen molar-refractivity contribution < 1.29 is 19.4 Å². The predicted octanol–water partition coefficient (Wildman–Crippen LogP) is 4.16. The maximum Gasteiger partial charge on any atom is 0.337 e. The molecule has 0 atom stereocenters. The van der Waals surface area contributed by atoms with Crippen molar-refractivity contribution in [1.29, 1.82) is 0 Å². The molecule has 110 valence electrons.